The van der Waals surface area contributed by atoms with Gasteiger partial charge in [0.25, 0.3) is 5.91 Å². The Morgan fingerprint density at radius 1 is 1.31 bits per heavy atom. The minimum atomic E-state index is -0.487. The monoisotopic (exact) mass is 415 g/mol. The normalized spacial score (nSPS) is 26.0. The van der Waals surface area contributed by atoms with Gasteiger partial charge in [0.05, 0.1) is 12.1 Å². The standard InChI is InChI=1S/C21H29N5O2S/c1-13(2)19-23-24-20-21(28)25(16-9-4-5-10-17(16)26(19)20)12-18(27)22-14-7-6-8-15(11-14)29-3/h6-8,11,13,16-17,20,24H,4-5,9-10,12H2,1-3H3,(H,22,27). The molecule has 2 amide bonds. The quantitative estimate of drug-likeness (QED) is 0.723. The molecule has 1 aromatic carbocycles. The second-order valence-corrected chi connectivity index (χ2v) is 9.11. The predicted molar refractivity (Wildman–Crippen MR) is 116 cm³/mol. The third-order valence-electron chi connectivity index (χ3n) is 6.00. The summed E-state index contributed by atoms with van der Waals surface area (Å²) in [7, 11) is 0. The lowest BCUT2D eigenvalue weighted by Gasteiger charge is -2.51. The smallest absolute Gasteiger partial charge is 0.268 e. The van der Waals surface area contributed by atoms with Crippen molar-refractivity contribution in [3.8, 4) is 0 Å². The van der Waals surface area contributed by atoms with Gasteiger partial charge >= 0.3 is 0 Å². The molecule has 3 aliphatic rings. The SMILES string of the molecule is CSc1cccc(NC(=O)CN2C(=O)C3NN=C(C(C)C)N3C3CCCCC32)c1. The van der Waals surface area contributed by atoms with Gasteiger partial charge in [0.2, 0.25) is 5.91 Å². The number of piperazine rings is 1. The van der Waals surface area contributed by atoms with Crippen LogP contribution in [0, 0.1) is 5.92 Å². The van der Waals surface area contributed by atoms with Crippen LogP contribution in [-0.2, 0) is 9.59 Å². The van der Waals surface area contributed by atoms with E-state index in [0.29, 0.717) is 0 Å². The maximum atomic E-state index is 13.3. The fourth-order valence-corrected chi connectivity index (χ4v) is 5.15. The summed E-state index contributed by atoms with van der Waals surface area (Å²) in [5.41, 5.74) is 3.79. The molecule has 0 spiro atoms. The fraction of sp³-hybridized carbons (Fsp3) is 0.571. The van der Waals surface area contributed by atoms with Gasteiger partial charge in [0, 0.05) is 16.5 Å². The summed E-state index contributed by atoms with van der Waals surface area (Å²) >= 11 is 1.63. The molecule has 4 rings (SSSR count). The zero-order chi connectivity index (χ0) is 20.5. The molecule has 7 nitrogen and oxygen atoms in total. The Morgan fingerprint density at radius 2 is 2.07 bits per heavy atom. The van der Waals surface area contributed by atoms with E-state index in [-0.39, 0.29) is 36.4 Å². The number of anilines is 1. The molecule has 1 aromatic rings. The van der Waals surface area contributed by atoms with Gasteiger partial charge in [0.15, 0.2) is 6.17 Å². The molecule has 3 atom stereocenters. The maximum Gasteiger partial charge on any atom is 0.268 e. The van der Waals surface area contributed by atoms with Crippen LogP contribution in [0.2, 0.25) is 0 Å². The average Bonchev–Trinajstić information content (AvgIpc) is 3.17. The second kappa shape index (κ2) is 8.26. The van der Waals surface area contributed by atoms with Crippen LogP contribution < -0.4 is 10.7 Å². The van der Waals surface area contributed by atoms with E-state index in [2.05, 4.69) is 34.6 Å². The van der Waals surface area contributed by atoms with E-state index in [1.165, 1.54) is 0 Å². The third-order valence-corrected chi connectivity index (χ3v) is 6.72. The number of nitrogens with zero attached hydrogens (tertiary/aromatic N) is 3. The van der Waals surface area contributed by atoms with E-state index >= 15 is 0 Å². The number of hydrogen-bond acceptors (Lipinski definition) is 6. The van der Waals surface area contributed by atoms with Crippen LogP contribution in [0.5, 0.6) is 0 Å². The zero-order valence-electron chi connectivity index (χ0n) is 17.2. The van der Waals surface area contributed by atoms with E-state index in [9.17, 15) is 9.59 Å². The van der Waals surface area contributed by atoms with E-state index in [1.54, 1.807) is 16.7 Å². The number of amidine groups is 1. The first-order chi connectivity index (χ1) is 14.0. The Labute approximate surface area is 176 Å². The second-order valence-electron chi connectivity index (χ2n) is 8.23. The molecule has 2 aliphatic heterocycles. The summed E-state index contributed by atoms with van der Waals surface area (Å²) in [6, 6.07) is 8.04. The van der Waals surface area contributed by atoms with Gasteiger partial charge in [-0.2, -0.15) is 5.10 Å². The molecule has 1 aliphatic carbocycles. The number of carbonyl (C=O) groups is 2. The van der Waals surface area contributed by atoms with Gasteiger partial charge < -0.3 is 15.1 Å². The number of thioether (sulfide) groups is 1. The van der Waals surface area contributed by atoms with Crippen LogP contribution in [0.4, 0.5) is 5.69 Å². The molecule has 2 N–H and O–H groups in total. The van der Waals surface area contributed by atoms with Crippen molar-refractivity contribution in [1.29, 1.82) is 0 Å². The molecule has 0 aromatic heterocycles. The number of amides is 2. The average molecular weight is 416 g/mol. The summed E-state index contributed by atoms with van der Waals surface area (Å²) in [4.78, 5) is 31.1. The Bertz CT molecular complexity index is 827. The number of hydrazone groups is 1. The molecule has 0 radical (unpaired) electrons. The van der Waals surface area contributed by atoms with E-state index < -0.39 is 6.17 Å². The molecular weight excluding hydrogens is 386 g/mol. The molecule has 2 fully saturated rings. The van der Waals surface area contributed by atoms with Crippen LogP contribution >= 0.6 is 11.8 Å². The predicted octanol–water partition coefficient (Wildman–Crippen LogP) is 2.70. The first-order valence-corrected chi connectivity index (χ1v) is 11.6. The highest BCUT2D eigenvalue weighted by atomic mass is 32.2. The highest BCUT2D eigenvalue weighted by molar-refractivity contribution is 7.98. The first kappa shape index (κ1) is 20.1. The number of fused-ring (bicyclic) bond motifs is 3. The molecule has 1 saturated carbocycles. The lowest BCUT2D eigenvalue weighted by atomic mass is 9.85. The van der Waals surface area contributed by atoms with Crippen molar-refractivity contribution in [1.82, 2.24) is 15.2 Å². The molecule has 3 unspecified atom stereocenters. The van der Waals surface area contributed by atoms with Gasteiger partial charge in [-0.3, -0.25) is 15.0 Å². The Hall–Kier alpha value is -2.22. The van der Waals surface area contributed by atoms with Crippen molar-refractivity contribution in [2.24, 2.45) is 11.0 Å². The van der Waals surface area contributed by atoms with E-state index in [4.69, 9.17) is 0 Å². The first-order valence-electron chi connectivity index (χ1n) is 10.4. The van der Waals surface area contributed by atoms with Crippen molar-refractivity contribution >= 4 is 35.1 Å². The summed E-state index contributed by atoms with van der Waals surface area (Å²) in [5.74, 6) is 0.998. The lowest BCUT2D eigenvalue weighted by Crippen LogP contribution is -2.70. The topological polar surface area (TPSA) is 77.0 Å². The summed E-state index contributed by atoms with van der Waals surface area (Å²) in [6.07, 6.45) is 5.70. The highest BCUT2D eigenvalue weighted by Crippen LogP contribution is 2.35. The fourth-order valence-electron chi connectivity index (χ4n) is 4.69. The van der Waals surface area contributed by atoms with Gasteiger partial charge in [0.1, 0.15) is 12.4 Å². The van der Waals surface area contributed by atoms with Crippen LogP contribution in [-0.4, -0.2) is 58.5 Å². The molecular formula is C21H29N5O2S. The van der Waals surface area contributed by atoms with Crippen molar-refractivity contribution in [3.05, 3.63) is 24.3 Å². The van der Waals surface area contributed by atoms with Crippen molar-refractivity contribution in [2.75, 3.05) is 18.1 Å². The molecule has 1 saturated heterocycles. The van der Waals surface area contributed by atoms with Crippen LogP contribution in [0.1, 0.15) is 39.5 Å². The lowest BCUT2D eigenvalue weighted by molar-refractivity contribution is -0.151. The minimum Gasteiger partial charge on any atom is -0.325 e. The Morgan fingerprint density at radius 3 is 2.79 bits per heavy atom. The third kappa shape index (κ3) is 3.82. The van der Waals surface area contributed by atoms with Crippen LogP contribution in [0.15, 0.2) is 34.3 Å². The number of benzene rings is 1. The summed E-state index contributed by atoms with van der Waals surface area (Å²) in [6.45, 7) is 4.29. The van der Waals surface area contributed by atoms with Crippen molar-refractivity contribution in [2.45, 2.75) is 62.7 Å². The Balaban J connectivity index is 1.51. The Kier molecular flexibility index (Phi) is 5.72. The highest BCUT2D eigenvalue weighted by Gasteiger charge is 2.51. The van der Waals surface area contributed by atoms with E-state index in [1.807, 2.05) is 30.5 Å². The summed E-state index contributed by atoms with van der Waals surface area (Å²) in [5, 5.41) is 7.42. The number of nitrogens with one attached hydrogen (secondary N) is 2. The number of carbonyl (C=O) groups excluding carboxylic acids is 2. The number of hydrogen-bond donors (Lipinski definition) is 2. The van der Waals surface area contributed by atoms with Crippen LogP contribution in [0.25, 0.3) is 0 Å². The molecule has 29 heavy (non-hydrogen) atoms. The minimum absolute atomic E-state index is 0.0550. The summed E-state index contributed by atoms with van der Waals surface area (Å²) < 4.78 is 0. The maximum absolute atomic E-state index is 13.3. The van der Waals surface area contributed by atoms with Crippen molar-refractivity contribution < 1.29 is 9.59 Å². The van der Waals surface area contributed by atoms with Gasteiger partial charge in [-0.25, -0.2) is 0 Å². The van der Waals surface area contributed by atoms with Crippen molar-refractivity contribution in [3.63, 3.8) is 0 Å². The molecule has 0 bridgehead atoms. The van der Waals surface area contributed by atoms with Crippen LogP contribution in [0.3, 0.4) is 0 Å². The van der Waals surface area contributed by atoms with E-state index in [0.717, 1.165) is 42.1 Å². The zero-order valence-corrected chi connectivity index (χ0v) is 18.0. The van der Waals surface area contributed by atoms with Gasteiger partial charge in [-0.05, 0) is 37.3 Å². The van der Waals surface area contributed by atoms with Gasteiger partial charge in [-0.1, -0.05) is 32.8 Å². The largest absolute Gasteiger partial charge is 0.325 e. The molecule has 156 valence electrons. The number of rotatable bonds is 5. The molecule has 8 heteroatoms. The molecule has 2 heterocycles. The van der Waals surface area contributed by atoms with Gasteiger partial charge in [-0.15, -0.1) is 11.8 Å².